The van der Waals surface area contributed by atoms with E-state index in [1.807, 2.05) is 12.1 Å². The van der Waals surface area contributed by atoms with E-state index in [0.717, 1.165) is 29.4 Å². The minimum Gasteiger partial charge on any atom is -0.496 e. The fraction of sp³-hybridized carbons (Fsp3) is 0.196. The van der Waals surface area contributed by atoms with Crippen LogP contribution in [0.2, 0.25) is 0 Å². The smallest absolute Gasteiger partial charge is 0.496 e. The van der Waals surface area contributed by atoms with Crippen LogP contribution in [-0.2, 0) is 33.5 Å². The van der Waals surface area contributed by atoms with Crippen LogP contribution in [0.15, 0.2) is 346 Å². The van der Waals surface area contributed by atoms with Crippen molar-refractivity contribution in [3.63, 3.8) is 0 Å². The average Bonchev–Trinajstić information content (AvgIpc) is 0.747. The number of rotatable bonds is 13. The van der Waals surface area contributed by atoms with Gasteiger partial charge in [0.05, 0.1) is 7.11 Å². The number of nitrogens with zero attached hydrogens (tertiary/aromatic N) is 1. The fourth-order valence-corrected chi connectivity index (χ4v) is 20.7. The van der Waals surface area contributed by atoms with Crippen molar-refractivity contribution >= 4 is 90.9 Å². The number of aryl methyl sites for hydroxylation is 4. The summed E-state index contributed by atoms with van der Waals surface area (Å²) in [5.74, 6) is 1.01. The summed E-state index contributed by atoms with van der Waals surface area (Å²) in [5.41, 5.74) is 27.1. The molecule has 2 unspecified atom stereocenters. The van der Waals surface area contributed by atoms with E-state index < -0.39 is 21.2 Å². The van der Waals surface area contributed by atoms with Gasteiger partial charge in [0.2, 0.25) is 0 Å². The summed E-state index contributed by atoms with van der Waals surface area (Å²) in [5, 5.41) is 9.56. The molecule has 0 aromatic heterocycles. The van der Waals surface area contributed by atoms with Gasteiger partial charge in [-0.2, -0.15) is 0 Å². The monoisotopic (exact) mass is 1890 g/mol. The maximum atomic E-state index is 8.44. The molecule has 0 amide bonds. The number of hydrogen-bond donors (Lipinski definition) is 0. The van der Waals surface area contributed by atoms with Gasteiger partial charge in [-0.25, -0.2) is 0 Å². The zero-order chi connectivity index (χ0) is 83.6. The Morgan fingerprint density at radius 1 is 0.317 bits per heavy atom. The van der Waals surface area contributed by atoms with E-state index in [9.17, 15) is 0 Å². The van der Waals surface area contributed by atoms with Crippen molar-refractivity contribution in [2.24, 2.45) is 0 Å². The quantitative estimate of drug-likeness (QED) is 0.0637. The first-order chi connectivity index (χ1) is 57.5. The van der Waals surface area contributed by atoms with Gasteiger partial charge in [-0.05, 0) is 216 Å². The molecule has 650 valence electrons. The van der Waals surface area contributed by atoms with E-state index in [1.54, 1.807) is 12.4 Å². The van der Waals surface area contributed by atoms with Gasteiger partial charge in [0.1, 0.15) is 5.75 Å². The van der Waals surface area contributed by atoms with Crippen molar-refractivity contribution in [3.05, 3.63) is 394 Å². The predicted molar refractivity (Wildman–Crippen MR) is 523 cm³/mol. The Hall–Kier alpha value is -3.75. The summed E-state index contributed by atoms with van der Waals surface area (Å²) in [6.45, 7) is 8.60. The third-order valence-corrected chi connectivity index (χ3v) is 26.2. The molecule has 17 rings (SSSR count). The number of benzene rings is 15. The van der Waals surface area contributed by atoms with Crippen molar-refractivity contribution < 1.29 is 240 Å². The zero-order valence-corrected chi connectivity index (χ0v) is 85.9. The summed E-state index contributed by atoms with van der Waals surface area (Å²) in [6, 6.07) is 123. The number of methoxy groups -OCH3 is 1. The molecule has 2 aliphatic carbocycles. The largest absolute Gasteiger partial charge is 1.00 e. The summed E-state index contributed by atoms with van der Waals surface area (Å²) in [6.07, 6.45) is 16.3. The number of ether oxygens (including phenoxy) is 1. The topological polar surface area (TPSA) is 115 Å². The first-order valence-corrected chi connectivity index (χ1v) is 45.7. The van der Waals surface area contributed by atoms with Crippen LogP contribution in [0.4, 0.5) is 5.69 Å². The van der Waals surface area contributed by atoms with Crippen LogP contribution in [0.3, 0.4) is 0 Å². The van der Waals surface area contributed by atoms with E-state index in [-0.39, 0.29) is 233 Å². The zero-order valence-electron chi connectivity index (χ0n) is 74.2. The Morgan fingerprint density at radius 2 is 0.611 bits per heavy atom. The molecule has 0 saturated heterocycles. The van der Waals surface area contributed by atoms with Gasteiger partial charge in [0.25, 0.3) is 0 Å². The Labute approximate surface area is 925 Å². The van der Waals surface area contributed by atoms with Crippen molar-refractivity contribution in [2.45, 2.75) is 116 Å². The summed E-state index contributed by atoms with van der Waals surface area (Å²) >= 11 is 0. The van der Waals surface area contributed by atoms with E-state index in [1.165, 1.54) is 202 Å². The molecule has 2 fully saturated rings. The number of hydrogen-bond acceptors (Lipinski definition) is 8. The minimum atomic E-state index is -3.11. The number of fused-ring (bicyclic) bond motifs is 3. The molecular weight excluding hydrogens is 1770 g/mol. The van der Waals surface area contributed by atoms with Crippen LogP contribution < -0.4 is 74.1 Å². The van der Waals surface area contributed by atoms with Gasteiger partial charge in [0, 0.05) is 182 Å². The van der Waals surface area contributed by atoms with Gasteiger partial charge < -0.3 is 24.5 Å². The minimum absolute atomic E-state index is 0. The molecule has 126 heavy (non-hydrogen) atoms. The van der Waals surface area contributed by atoms with E-state index in [2.05, 4.69) is 399 Å². The molecule has 2 saturated carbocycles. The van der Waals surface area contributed by atoms with E-state index in [4.69, 9.17) is 30.0 Å². The van der Waals surface area contributed by atoms with E-state index >= 15 is 0 Å². The van der Waals surface area contributed by atoms with Crippen molar-refractivity contribution in [1.29, 1.82) is 0 Å². The van der Waals surface area contributed by atoms with Crippen molar-refractivity contribution in [1.82, 2.24) is 0 Å². The molecule has 0 radical (unpaired) electrons. The van der Waals surface area contributed by atoms with Crippen LogP contribution in [0.5, 0.6) is 5.75 Å². The third-order valence-electron chi connectivity index (χ3n) is 21.7. The van der Waals surface area contributed by atoms with Crippen LogP contribution in [0.25, 0.3) is 99.1 Å². The molecule has 0 aliphatic heterocycles. The normalized spacial score (nSPS) is 11.4. The maximum absolute atomic E-state index is 8.44. The molecule has 19 heteroatoms. The van der Waals surface area contributed by atoms with Gasteiger partial charge in [-0.1, -0.05) is 380 Å². The molecular formula is C107H114Ar4NNa2O7P3S2. The van der Waals surface area contributed by atoms with Crippen LogP contribution in [0.1, 0.15) is 97.6 Å². The molecule has 2 atom stereocenters. The first-order valence-electron chi connectivity index (χ1n) is 40.5. The Morgan fingerprint density at radius 3 is 1.00 bits per heavy atom. The first kappa shape index (κ1) is 118. The van der Waals surface area contributed by atoms with Crippen molar-refractivity contribution in [3.8, 4) is 72.5 Å². The standard InChI is InChI=1S/C25H33OP.C22H20P2.C17H14.C15H17N.2C13H12.2CH3.4Ar.2Na.2O3S/c1-26-24-18-10-8-16-22(24)23-17-9-11-19-25(23)27(20-12-4-2-5-13-20)21-14-6-3-7-15-21;23-13-17-11-9-15-5-1-3-7-19(15)21(17)22-18(14-24)12-10-16-6-2-4-8-20(16)22;1-13-7-2-4-10-15(13)17-12-6-9-14-8-3-5-11-16(14)17;1-12-8-4-5-9-13(12)14-10-6-7-11-15(14)16(2)3;2*1-11-7-5-6-10-13(11)12-8-3-2-4-9-12;;;;;;;;;2*1-4(2)3/h8-11,16-21H,2-7,12-15H2,1H3;1-12H,13-14,23-24H2;2-12H,1H3;4-11H,1-3H3;2*2-10H,1H3;2*1H3;;;;;;;;/q;;;;;;2*-1;;;;;2*+1;;. The van der Waals surface area contributed by atoms with E-state index in [0.29, 0.717) is 0 Å². The van der Waals surface area contributed by atoms with Gasteiger partial charge in [-0.3, -0.25) is 0 Å². The molecule has 0 spiro atoms. The van der Waals surface area contributed by atoms with Crippen LogP contribution in [-0.4, -0.2) is 57.8 Å². The second-order valence-electron chi connectivity index (χ2n) is 29.6. The second kappa shape index (κ2) is 64.2. The number of para-hydroxylation sites is 2. The molecule has 0 N–H and O–H groups in total. The maximum Gasteiger partial charge on any atom is 1.00 e. The molecule has 0 bridgehead atoms. The third kappa shape index (κ3) is 35.3. The predicted octanol–water partition coefficient (Wildman–Crippen LogP) is 22.3. The Bertz CT molecular complexity index is 5770. The average molecular weight is 1890 g/mol. The summed E-state index contributed by atoms with van der Waals surface area (Å²) in [4.78, 5) is 2.15. The molecule has 15 aromatic rings. The molecule has 2 aliphatic rings. The second-order valence-corrected chi connectivity index (χ2v) is 34.0. The Kier molecular flexibility index (Phi) is 60.3. The van der Waals surface area contributed by atoms with Crippen molar-refractivity contribution in [2.75, 3.05) is 26.1 Å². The van der Waals surface area contributed by atoms with Gasteiger partial charge in [-0.15, -0.1) is 43.7 Å². The van der Waals surface area contributed by atoms with Gasteiger partial charge >= 0.3 is 80.3 Å². The Balaban J connectivity index is 0.000000505. The summed E-state index contributed by atoms with van der Waals surface area (Å²) < 4.78 is 56.4. The van der Waals surface area contributed by atoms with Gasteiger partial charge in [0.15, 0.2) is 0 Å². The fourth-order valence-electron chi connectivity index (χ4n) is 16.1. The number of anilines is 1. The molecule has 8 nitrogen and oxygen atoms in total. The van der Waals surface area contributed by atoms with Crippen LogP contribution in [0, 0.1) is 194 Å². The van der Waals surface area contributed by atoms with Crippen LogP contribution >= 0.6 is 26.4 Å². The summed E-state index contributed by atoms with van der Waals surface area (Å²) in [7, 11) is 5.41. The molecule has 0 heterocycles. The molecule has 15 aromatic carbocycles. The SMILES string of the molecule is COc1ccccc1-c1ccccc1P(C1CCCCC1)C1CCCCC1.Cc1ccccc1-c1cccc2ccccc12.Cc1ccccc1-c1ccccc1.Cc1ccccc1-c1ccccc1.Cc1ccccc1-c1ccccc1N(C)C.O=S(=O)=O.O=S(=O)=O.PCc1ccc2ccccc2c1-c1c(CP)ccc2ccccc12.[Ar].[Ar].[Ar].[Ar].[CH3-].[CH3-].[Na+].[Na+].